The summed E-state index contributed by atoms with van der Waals surface area (Å²) in [4.78, 5) is 37.8. The summed E-state index contributed by atoms with van der Waals surface area (Å²) in [7, 11) is 0. The minimum absolute atomic E-state index is 0.108. The predicted octanol–water partition coefficient (Wildman–Crippen LogP) is 15.6. The van der Waals surface area contributed by atoms with Crippen LogP contribution >= 0.6 is 0 Å². The van der Waals surface area contributed by atoms with E-state index in [1.165, 1.54) is 12.8 Å². The molecule has 1 unspecified atom stereocenters. The number of carbonyl (C=O) groups is 3. The molecule has 0 saturated carbocycles. The summed E-state index contributed by atoms with van der Waals surface area (Å²) < 4.78 is 16.7. The number of rotatable bonds is 41. The first kappa shape index (κ1) is 56.1. The van der Waals surface area contributed by atoms with E-state index in [9.17, 15) is 14.4 Å². The lowest BCUT2D eigenvalue weighted by Crippen LogP contribution is -2.30. The van der Waals surface area contributed by atoms with Crippen LogP contribution in [0.2, 0.25) is 0 Å². The Morgan fingerprint density at radius 1 is 0.333 bits per heavy atom. The third-order valence-corrected chi connectivity index (χ3v) is 9.50. The molecule has 0 aromatic heterocycles. The maximum Gasteiger partial charge on any atom is 0.306 e. The first-order chi connectivity index (χ1) is 29.5. The summed E-state index contributed by atoms with van der Waals surface area (Å²) >= 11 is 0. The Morgan fingerprint density at radius 2 is 0.600 bits per heavy atom. The van der Waals surface area contributed by atoms with Crippen molar-refractivity contribution in [3.8, 4) is 0 Å². The molecular formula is C54H86O6. The molecule has 6 heteroatoms. The Morgan fingerprint density at radius 3 is 0.967 bits per heavy atom. The fraction of sp³-hybridized carbons (Fsp3) is 0.611. The van der Waals surface area contributed by atoms with Gasteiger partial charge in [0.05, 0.1) is 0 Å². The van der Waals surface area contributed by atoms with Crippen LogP contribution in [0.25, 0.3) is 0 Å². The van der Waals surface area contributed by atoms with Crippen LogP contribution in [0.5, 0.6) is 0 Å². The Hall–Kier alpha value is -3.93. The van der Waals surface area contributed by atoms with Crippen molar-refractivity contribution in [3.05, 3.63) is 109 Å². The molecular weight excluding hydrogens is 745 g/mol. The molecule has 60 heavy (non-hydrogen) atoms. The van der Waals surface area contributed by atoms with Gasteiger partial charge in [0.2, 0.25) is 0 Å². The Balaban J connectivity index is 4.42. The average Bonchev–Trinajstić information content (AvgIpc) is 3.24. The first-order valence-electron chi connectivity index (χ1n) is 23.9. The zero-order valence-corrected chi connectivity index (χ0v) is 38.4. The van der Waals surface area contributed by atoms with Crippen LogP contribution in [0.1, 0.15) is 194 Å². The molecule has 338 valence electrons. The molecule has 0 saturated heterocycles. The number of hydrogen-bond acceptors (Lipinski definition) is 6. The molecule has 6 nitrogen and oxygen atoms in total. The maximum atomic E-state index is 12.7. The minimum Gasteiger partial charge on any atom is -0.462 e. The quantitative estimate of drug-likeness (QED) is 0.0264. The number of unbranched alkanes of at least 4 members (excludes halogenated alkanes) is 12. The van der Waals surface area contributed by atoms with Gasteiger partial charge < -0.3 is 14.2 Å². The largest absolute Gasteiger partial charge is 0.462 e. The Bertz CT molecular complexity index is 1280. The monoisotopic (exact) mass is 831 g/mol. The minimum atomic E-state index is -0.809. The van der Waals surface area contributed by atoms with E-state index < -0.39 is 6.10 Å². The van der Waals surface area contributed by atoms with Gasteiger partial charge in [-0.25, -0.2) is 0 Å². The van der Waals surface area contributed by atoms with Crippen molar-refractivity contribution in [1.82, 2.24) is 0 Å². The molecule has 0 spiro atoms. The van der Waals surface area contributed by atoms with Gasteiger partial charge in [0.15, 0.2) is 6.10 Å². The van der Waals surface area contributed by atoms with Crippen LogP contribution in [0, 0.1) is 0 Å². The van der Waals surface area contributed by atoms with E-state index >= 15 is 0 Å². The summed E-state index contributed by atoms with van der Waals surface area (Å²) in [5.74, 6) is -0.992. The van der Waals surface area contributed by atoms with Crippen LogP contribution in [-0.4, -0.2) is 37.2 Å². The molecule has 0 fully saturated rings. The van der Waals surface area contributed by atoms with Gasteiger partial charge in [0.1, 0.15) is 13.2 Å². The predicted molar refractivity (Wildman–Crippen MR) is 256 cm³/mol. The highest BCUT2D eigenvalue weighted by molar-refractivity contribution is 5.71. The van der Waals surface area contributed by atoms with Crippen molar-refractivity contribution in [3.63, 3.8) is 0 Å². The summed E-state index contributed by atoms with van der Waals surface area (Å²) in [6.45, 7) is 6.20. The van der Waals surface area contributed by atoms with E-state index in [-0.39, 0.29) is 37.5 Å². The van der Waals surface area contributed by atoms with Gasteiger partial charge in [0.25, 0.3) is 0 Å². The summed E-state index contributed by atoms with van der Waals surface area (Å²) in [6, 6.07) is 0. The molecule has 0 aromatic rings. The molecule has 0 amide bonds. The van der Waals surface area contributed by atoms with Gasteiger partial charge in [-0.05, 0) is 116 Å². The molecule has 0 aliphatic heterocycles. The molecule has 0 rings (SSSR count). The van der Waals surface area contributed by atoms with Crippen LogP contribution in [0.4, 0.5) is 0 Å². The zero-order valence-electron chi connectivity index (χ0n) is 38.4. The molecule has 1 atom stereocenters. The van der Waals surface area contributed by atoms with Crippen molar-refractivity contribution in [2.24, 2.45) is 0 Å². The standard InChI is InChI=1S/C54H86O6/c1-4-7-10-13-16-19-21-23-25-26-27-28-29-31-32-35-38-41-44-47-53(56)59-50-51(49-58-52(55)46-43-40-37-34-18-15-12-9-6-3)60-54(57)48-45-42-39-36-33-30-24-22-20-17-14-11-8-5-2/h7-12,16-20,23-25,27-28,30,34,51H,4-6,13-15,21-22,26,29,31-33,35-50H2,1-3H3/b10-7-,11-8-,12-9-,19-16-,20-17-,25-23-,28-27-,30-24-,34-18-. The van der Waals surface area contributed by atoms with Crippen molar-refractivity contribution < 1.29 is 28.6 Å². The van der Waals surface area contributed by atoms with Gasteiger partial charge >= 0.3 is 17.9 Å². The summed E-state index contributed by atoms with van der Waals surface area (Å²) in [6.07, 6.45) is 63.7. The van der Waals surface area contributed by atoms with Gasteiger partial charge in [-0.2, -0.15) is 0 Å². The summed E-state index contributed by atoms with van der Waals surface area (Å²) in [5, 5.41) is 0. The van der Waals surface area contributed by atoms with Crippen molar-refractivity contribution in [2.75, 3.05) is 13.2 Å². The number of allylic oxidation sites excluding steroid dienone is 18. The molecule has 0 aliphatic carbocycles. The lowest BCUT2D eigenvalue weighted by Gasteiger charge is -2.18. The van der Waals surface area contributed by atoms with E-state index in [4.69, 9.17) is 14.2 Å². The highest BCUT2D eigenvalue weighted by atomic mass is 16.6. The fourth-order valence-corrected chi connectivity index (χ4v) is 6.01. The van der Waals surface area contributed by atoms with Crippen molar-refractivity contribution in [2.45, 2.75) is 200 Å². The van der Waals surface area contributed by atoms with E-state index in [0.29, 0.717) is 12.8 Å². The zero-order chi connectivity index (χ0) is 43.7. The molecule has 0 heterocycles. The molecule has 0 aliphatic rings. The lowest BCUT2D eigenvalue weighted by atomic mass is 10.1. The second kappa shape index (κ2) is 47.7. The van der Waals surface area contributed by atoms with Crippen LogP contribution < -0.4 is 0 Å². The maximum absolute atomic E-state index is 12.7. The summed E-state index contributed by atoms with van der Waals surface area (Å²) in [5.41, 5.74) is 0. The Kier molecular flexibility index (Phi) is 44.6. The fourth-order valence-electron chi connectivity index (χ4n) is 6.01. The Labute approximate surface area is 368 Å². The highest BCUT2D eigenvalue weighted by Crippen LogP contribution is 2.12. The van der Waals surface area contributed by atoms with E-state index in [0.717, 1.165) is 141 Å². The van der Waals surface area contributed by atoms with E-state index in [1.807, 2.05) is 0 Å². The molecule has 0 bridgehead atoms. The average molecular weight is 831 g/mol. The normalized spacial score (nSPS) is 13.1. The van der Waals surface area contributed by atoms with Crippen molar-refractivity contribution in [1.29, 1.82) is 0 Å². The van der Waals surface area contributed by atoms with E-state index in [2.05, 4.69) is 130 Å². The topological polar surface area (TPSA) is 78.9 Å². The number of carbonyl (C=O) groups excluding carboxylic acids is 3. The second-order valence-corrected chi connectivity index (χ2v) is 15.2. The van der Waals surface area contributed by atoms with E-state index in [1.54, 1.807) is 0 Å². The molecule has 0 radical (unpaired) electrons. The number of hydrogen-bond donors (Lipinski definition) is 0. The third kappa shape index (κ3) is 45.2. The lowest BCUT2D eigenvalue weighted by molar-refractivity contribution is -0.167. The van der Waals surface area contributed by atoms with Gasteiger partial charge in [-0.3, -0.25) is 14.4 Å². The number of esters is 3. The smallest absolute Gasteiger partial charge is 0.306 e. The third-order valence-electron chi connectivity index (χ3n) is 9.50. The SMILES string of the molecule is CC/C=C\C/C=C\C/C=C\C/C=C\CCCCCCCCC(=O)OCC(COC(=O)CCCC/C=C\C/C=C\CC)OC(=O)CCCCCC/C=C\C/C=C\C/C=C\CC. The van der Waals surface area contributed by atoms with Crippen molar-refractivity contribution >= 4 is 17.9 Å². The number of ether oxygens (including phenoxy) is 3. The first-order valence-corrected chi connectivity index (χ1v) is 23.9. The van der Waals surface area contributed by atoms with Gasteiger partial charge in [-0.1, -0.05) is 169 Å². The van der Waals surface area contributed by atoms with Crippen LogP contribution in [-0.2, 0) is 28.6 Å². The highest BCUT2D eigenvalue weighted by Gasteiger charge is 2.19. The van der Waals surface area contributed by atoms with Crippen LogP contribution in [0.15, 0.2) is 109 Å². The second-order valence-electron chi connectivity index (χ2n) is 15.2. The van der Waals surface area contributed by atoms with Crippen LogP contribution in [0.3, 0.4) is 0 Å². The van der Waals surface area contributed by atoms with Gasteiger partial charge in [0, 0.05) is 19.3 Å². The molecule has 0 N–H and O–H groups in total. The van der Waals surface area contributed by atoms with Gasteiger partial charge in [-0.15, -0.1) is 0 Å². The molecule has 0 aromatic carbocycles.